The fraction of sp³-hybridized carbons (Fsp3) is 0.632. The maximum atomic E-state index is 12.3. The highest BCUT2D eigenvalue weighted by Gasteiger charge is 2.38. The molecule has 3 atom stereocenters. The molecule has 0 spiro atoms. The van der Waals surface area contributed by atoms with Crippen molar-refractivity contribution in [2.45, 2.75) is 57.9 Å². The highest BCUT2D eigenvalue weighted by molar-refractivity contribution is 5.68. The Labute approximate surface area is 150 Å². The lowest BCUT2D eigenvalue weighted by Gasteiger charge is -2.26. The molecule has 1 amide bonds. The van der Waals surface area contributed by atoms with Gasteiger partial charge in [0.2, 0.25) is 0 Å². The fourth-order valence-electron chi connectivity index (χ4n) is 3.06. The van der Waals surface area contributed by atoms with Crippen LogP contribution in [0.1, 0.15) is 45.7 Å². The maximum absolute atomic E-state index is 12.3. The molecular weight excluding hydrogens is 320 g/mol. The van der Waals surface area contributed by atoms with E-state index in [2.05, 4.69) is 12.2 Å². The zero-order valence-corrected chi connectivity index (χ0v) is 15.8. The van der Waals surface area contributed by atoms with Crippen LogP contribution in [-0.2, 0) is 9.47 Å². The number of nitrogens with one attached hydrogen (secondary N) is 1. The average molecular weight is 350 g/mol. The van der Waals surface area contributed by atoms with Gasteiger partial charge in [-0.25, -0.2) is 4.79 Å². The van der Waals surface area contributed by atoms with Crippen molar-refractivity contribution in [1.82, 2.24) is 10.2 Å². The third-order valence-corrected chi connectivity index (χ3v) is 4.34. The summed E-state index contributed by atoms with van der Waals surface area (Å²) in [5, 5.41) is 13.1. The number of amides is 1. The fourth-order valence-corrected chi connectivity index (χ4v) is 3.06. The molecule has 2 N–H and O–H groups in total. The van der Waals surface area contributed by atoms with Crippen molar-refractivity contribution in [3.63, 3.8) is 0 Å². The van der Waals surface area contributed by atoms with Crippen molar-refractivity contribution >= 4 is 6.09 Å². The minimum absolute atomic E-state index is 0.0243. The Bertz CT molecular complexity index is 568. The lowest BCUT2D eigenvalue weighted by Crippen LogP contribution is -2.42. The number of ether oxygens (including phenoxy) is 2. The lowest BCUT2D eigenvalue weighted by molar-refractivity contribution is 0.0252. The molecule has 0 saturated carbocycles. The number of hydrogen-bond acceptors (Lipinski definition) is 5. The van der Waals surface area contributed by atoms with Gasteiger partial charge in [0.1, 0.15) is 11.4 Å². The van der Waals surface area contributed by atoms with Crippen molar-refractivity contribution in [3.8, 4) is 5.75 Å². The van der Waals surface area contributed by atoms with E-state index in [4.69, 9.17) is 9.47 Å². The minimum Gasteiger partial charge on any atom is -0.508 e. The molecule has 2 rings (SSSR count). The Balaban J connectivity index is 2.04. The van der Waals surface area contributed by atoms with Crippen molar-refractivity contribution < 1.29 is 19.4 Å². The summed E-state index contributed by atoms with van der Waals surface area (Å²) in [4.78, 5) is 14.0. The molecule has 6 heteroatoms. The van der Waals surface area contributed by atoms with Crippen LogP contribution in [0.3, 0.4) is 0 Å². The van der Waals surface area contributed by atoms with Crippen LogP contribution in [0.15, 0.2) is 24.3 Å². The Morgan fingerprint density at radius 3 is 2.48 bits per heavy atom. The Hall–Kier alpha value is -1.79. The molecule has 1 aliphatic rings. The average Bonchev–Trinajstić information content (AvgIpc) is 2.95. The number of phenolic OH excluding ortho intramolecular Hbond substituents is 1. The van der Waals surface area contributed by atoms with Crippen LogP contribution in [0.4, 0.5) is 4.79 Å². The SMILES string of the molecule is CCC(NC1CN(C(=O)OC(C)(C)C)C[C@@H]1OC)c1ccc(O)cc1. The van der Waals surface area contributed by atoms with Crippen LogP contribution < -0.4 is 5.32 Å². The smallest absolute Gasteiger partial charge is 0.410 e. The van der Waals surface area contributed by atoms with Crippen LogP contribution in [0.25, 0.3) is 0 Å². The first-order valence-corrected chi connectivity index (χ1v) is 8.79. The van der Waals surface area contributed by atoms with E-state index in [-0.39, 0.29) is 30.0 Å². The topological polar surface area (TPSA) is 71.0 Å². The van der Waals surface area contributed by atoms with Gasteiger partial charge in [0.15, 0.2) is 0 Å². The van der Waals surface area contributed by atoms with Crippen LogP contribution in [0.5, 0.6) is 5.75 Å². The van der Waals surface area contributed by atoms with E-state index < -0.39 is 5.60 Å². The van der Waals surface area contributed by atoms with Gasteiger partial charge in [-0.15, -0.1) is 0 Å². The van der Waals surface area contributed by atoms with Crippen molar-refractivity contribution in [3.05, 3.63) is 29.8 Å². The van der Waals surface area contributed by atoms with Crippen LogP contribution >= 0.6 is 0 Å². The zero-order chi connectivity index (χ0) is 18.6. The molecule has 0 radical (unpaired) electrons. The second-order valence-electron chi connectivity index (χ2n) is 7.49. The number of aromatic hydroxyl groups is 1. The highest BCUT2D eigenvalue weighted by Crippen LogP contribution is 2.24. The summed E-state index contributed by atoms with van der Waals surface area (Å²) in [5.74, 6) is 0.255. The van der Waals surface area contributed by atoms with Crippen molar-refractivity contribution in [2.24, 2.45) is 0 Å². The molecule has 1 aliphatic heterocycles. The first-order chi connectivity index (χ1) is 11.7. The van der Waals surface area contributed by atoms with E-state index in [1.54, 1.807) is 24.1 Å². The predicted molar refractivity (Wildman–Crippen MR) is 96.7 cm³/mol. The van der Waals surface area contributed by atoms with E-state index >= 15 is 0 Å². The Kier molecular flexibility index (Phi) is 6.30. The largest absolute Gasteiger partial charge is 0.508 e. The number of likely N-dealkylation sites (tertiary alicyclic amines) is 1. The molecule has 1 fully saturated rings. The lowest BCUT2D eigenvalue weighted by atomic mass is 10.0. The summed E-state index contributed by atoms with van der Waals surface area (Å²) in [6.07, 6.45) is 0.500. The molecule has 140 valence electrons. The third kappa shape index (κ3) is 5.34. The van der Waals surface area contributed by atoms with Crippen molar-refractivity contribution in [2.75, 3.05) is 20.2 Å². The van der Waals surface area contributed by atoms with Gasteiger partial charge in [-0.2, -0.15) is 0 Å². The second kappa shape index (κ2) is 8.06. The van der Waals surface area contributed by atoms with Crippen LogP contribution in [0.2, 0.25) is 0 Å². The minimum atomic E-state index is -0.511. The standard InChI is InChI=1S/C19H30N2O4/c1-6-15(13-7-9-14(22)10-8-13)20-16-11-21(12-17(16)24-5)18(23)25-19(2,3)4/h7-10,15-17,20,22H,6,11-12H2,1-5H3/t15?,16?,17-/m0/s1. The summed E-state index contributed by atoms with van der Waals surface area (Å²) in [6.45, 7) is 8.75. The van der Waals surface area contributed by atoms with Gasteiger partial charge in [-0.1, -0.05) is 19.1 Å². The normalized spacial score (nSPS) is 22.0. The monoisotopic (exact) mass is 350 g/mol. The van der Waals surface area contributed by atoms with E-state index in [9.17, 15) is 9.90 Å². The first-order valence-electron chi connectivity index (χ1n) is 8.79. The molecule has 1 saturated heterocycles. The molecule has 1 heterocycles. The van der Waals surface area contributed by atoms with Gasteiger partial charge in [0.25, 0.3) is 0 Å². The third-order valence-electron chi connectivity index (χ3n) is 4.34. The summed E-state index contributed by atoms with van der Waals surface area (Å²) in [7, 11) is 1.67. The zero-order valence-electron chi connectivity index (χ0n) is 15.8. The quantitative estimate of drug-likeness (QED) is 0.854. The second-order valence-corrected chi connectivity index (χ2v) is 7.49. The van der Waals surface area contributed by atoms with E-state index in [1.807, 2.05) is 32.9 Å². The molecule has 6 nitrogen and oxygen atoms in total. The number of rotatable bonds is 5. The number of methoxy groups -OCH3 is 1. The van der Waals surface area contributed by atoms with E-state index in [0.29, 0.717) is 13.1 Å². The van der Waals surface area contributed by atoms with Gasteiger partial charge < -0.3 is 24.8 Å². The number of phenols is 1. The summed E-state index contributed by atoms with van der Waals surface area (Å²) in [5.41, 5.74) is 0.592. The number of nitrogens with zero attached hydrogens (tertiary/aromatic N) is 1. The van der Waals surface area contributed by atoms with Gasteiger partial charge in [-0.3, -0.25) is 0 Å². The highest BCUT2D eigenvalue weighted by atomic mass is 16.6. The van der Waals surface area contributed by atoms with E-state index in [1.165, 1.54) is 0 Å². The molecule has 0 bridgehead atoms. The predicted octanol–water partition coefficient (Wildman–Crippen LogP) is 3.07. The van der Waals surface area contributed by atoms with Gasteiger partial charge in [0, 0.05) is 19.7 Å². The number of carbonyl (C=O) groups excluding carboxylic acids is 1. The number of hydrogen-bond donors (Lipinski definition) is 2. The molecular formula is C19H30N2O4. The molecule has 25 heavy (non-hydrogen) atoms. The number of benzene rings is 1. The van der Waals surface area contributed by atoms with Crippen molar-refractivity contribution in [1.29, 1.82) is 0 Å². The van der Waals surface area contributed by atoms with Crippen LogP contribution in [0, 0.1) is 0 Å². The molecule has 0 aliphatic carbocycles. The molecule has 1 aromatic carbocycles. The van der Waals surface area contributed by atoms with Crippen LogP contribution in [-0.4, -0.2) is 54.0 Å². The van der Waals surface area contributed by atoms with Gasteiger partial charge in [0.05, 0.1) is 18.7 Å². The number of carbonyl (C=O) groups is 1. The Morgan fingerprint density at radius 2 is 1.96 bits per heavy atom. The first kappa shape index (κ1) is 19.5. The molecule has 1 aromatic rings. The molecule has 0 aromatic heterocycles. The summed E-state index contributed by atoms with van der Waals surface area (Å²) >= 11 is 0. The summed E-state index contributed by atoms with van der Waals surface area (Å²) in [6, 6.07) is 7.36. The maximum Gasteiger partial charge on any atom is 0.410 e. The van der Waals surface area contributed by atoms with Gasteiger partial charge in [-0.05, 0) is 44.9 Å². The summed E-state index contributed by atoms with van der Waals surface area (Å²) < 4.78 is 11.1. The van der Waals surface area contributed by atoms with E-state index in [0.717, 1.165) is 12.0 Å². The van der Waals surface area contributed by atoms with Gasteiger partial charge >= 0.3 is 6.09 Å². The Morgan fingerprint density at radius 1 is 1.32 bits per heavy atom. The molecule has 2 unspecified atom stereocenters.